The summed E-state index contributed by atoms with van der Waals surface area (Å²) >= 11 is 0. The maximum absolute atomic E-state index is 9.93. The summed E-state index contributed by atoms with van der Waals surface area (Å²) in [6, 6.07) is 0. The summed E-state index contributed by atoms with van der Waals surface area (Å²) in [5.74, 6) is 0. The van der Waals surface area contributed by atoms with Crippen LogP contribution in [0.15, 0.2) is 0 Å². The third-order valence-corrected chi connectivity index (χ3v) is 3.32. The molecule has 2 rings (SSSR count). The van der Waals surface area contributed by atoms with Crippen LogP contribution in [0.4, 0.5) is 0 Å². The van der Waals surface area contributed by atoms with Gasteiger partial charge in [0.2, 0.25) is 0 Å². The van der Waals surface area contributed by atoms with Crippen LogP contribution in [0.1, 0.15) is 6.42 Å². The second kappa shape index (κ2) is 3.97. The smallest absolute Gasteiger partial charge is 0.129 e. The molecule has 2 aliphatic heterocycles. The van der Waals surface area contributed by atoms with Crippen LogP contribution in [0, 0.1) is 0 Å². The highest BCUT2D eigenvalue weighted by molar-refractivity contribution is 5.03. The average molecular weight is 218 g/mol. The number of rotatable bonds is 1. The van der Waals surface area contributed by atoms with Crippen molar-refractivity contribution in [2.45, 2.75) is 30.4 Å². The molecule has 0 aliphatic carbocycles. The van der Waals surface area contributed by atoms with Gasteiger partial charge in [-0.3, -0.25) is 10.2 Å². The minimum Gasteiger partial charge on any atom is -0.393 e. The molecule has 88 valence electrons. The van der Waals surface area contributed by atoms with E-state index in [2.05, 4.69) is 5.32 Å². The minimum absolute atomic E-state index is 0.180. The van der Waals surface area contributed by atoms with Crippen molar-refractivity contribution in [3.63, 3.8) is 0 Å². The standard InChI is InChI=1S/C9H18N2O4/c12-5-9(15)4-11-3-1-2-10-8(11)6(13)7(9)14/h6-8,10,12-15H,1-5H2/t6-,7-,8?,9-/m1/s1. The summed E-state index contributed by atoms with van der Waals surface area (Å²) in [5.41, 5.74) is -1.62. The topological polar surface area (TPSA) is 96.2 Å². The molecule has 2 fully saturated rings. The third-order valence-electron chi connectivity index (χ3n) is 3.32. The number of hydrogen-bond donors (Lipinski definition) is 5. The highest BCUT2D eigenvalue weighted by Gasteiger charge is 2.50. The minimum atomic E-state index is -1.62. The molecule has 2 aliphatic rings. The van der Waals surface area contributed by atoms with Gasteiger partial charge in [0, 0.05) is 13.1 Å². The number of fused-ring (bicyclic) bond motifs is 1. The van der Waals surface area contributed by atoms with E-state index in [0.717, 1.165) is 19.5 Å². The van der Waals surface area contributed by atoms with Gasteiger partial charge in [-0.2, -0.15) is 0 Å². The summed E-state index contributed by atoms with van der Waals surface area (Å²) in [5, 5.41) is 41.6. The molecule has 0 aromatic rings. The van der Waals surface area contributed by atoms with E-state index in [4.69, 9.17) is 5.11 Å². The fourth-order valence-corrected chi connectivity index (χ4v) is 2.39. The molecule has 1 unspecified atom stereocenters. The highest BCUT2D eigenvalue weighted by Crippen LogP contribution is 2.26. The molecule has 4 atom stereocenters. The monoisotopic (exact) mass is 218 g/mol. The lowest BCUT2D eigenvalue weighted by molar-refractivity contribution is -0.212. The zero-order valence-electron chi connectivity index (χ0n) is 8.50. The van der Waals surface area contributed by atoms with Crippen LogP contribution in [0.5, 0.6) is 0 Å². The zero-order chi connectivity index (χ0) is 11.1. The van der Waals surface area contributed by atoms with Crippen molar-refractivity contribution in [3.8, 4) is 0 Å². The molecule has 0 aromatic heterocycles. The van der Waals surface area contributed by atoms with E-state index in [0.29, 0.717) is 0 Å². The summed E-state index contributed by atoms with van der Waals surface area (Å²) in [7, 11) is 0. The average Bonchev–Trinajstić information content (AvgIpc) is 2.26. The van der Waals surface area contributed by atoms with Crippen molar-refractivity contribution in [3.05, 3.63) is 0 Å². The van der Waals surface area contributed by atoms with Gasteiger partial charge in [0.25, 0.3) is 0 Å². The second-order valence-corrected chi connectivity index (χ2v) is 4.42. The van der Waals surface area contributed by atoms with Gasteiger partial charge in [0.05, 0.1) is 12.8 Å². The van der Waals surface area contributed by atoms with Crippen molar-refractivity contribution in [2.75, 3.05) is 26.2 Å². The Labute approximate surface area is 88.1 Å². The Morgan fingerprint density at radius 1 is 1.40 bits per heavy atom. The summed E-state index contributed by atoms with van der Waals surface area (Å²) < 4.78 is 0. The van der Waals surface area contributed by atoms with Gasteiger partial charge in [0.15, 0.2) is 0 Å². The quantitative estimate of drug-likeness (QED) is 0.323. The Kier molecular flexibility index (Phi) is 2.98. The van der Waals surface area contributed by atoms with Gasteiger partial charge in [0.1, 0.15) is 17.8 Å². The molecule has 0 radical (unpaired) electrons. The molecular weight excluding hydrogens is 200 g/mol. The van der Waals surface area contributed by atoms with Crippen molar-refractivity contribution >= 4 is 0 Å². The summed E-state index contributed by atoms with van der Waals surface area (Å²) in [6.45, 7) is 1.18. The predicted octanol–water partition coefficient (Wildman–Crippen LogP) is -2.93. The lowest BCUT2D eigenvalue weighted by atomic mass is 9.85. The molecule has 15 heavy (non-hydrogen) atoms. The molecule has 0 amide bonds. The Morgan fingerprint density at radius 2 is 2.13 bits per heavy atom. The van der Waals surface area contributed by atoms with Crippen molar-refractivity contribution < 1.29 is 20.4 Å². The summed E-state index contributed by atoms with van der Waals surface area (Å²) in [4.78, 5) is 1.86. The molecule has 0 saturated carbocycles. The van der Waals surface area contributed by atoms with Gasteiger partial charge < -0.3 is 20.4 Å². The van der Waals surface area contributed by atoms with Gasteiger partial charge in [-0.25, -0.2) is 0 Å². The van der Waals surface area contributed by atoms with Gasteiger partial charge in [-0.1, -0.05) is 0 Å². The lowest BCUT2D eigenvalue weighted by Gasteiger charge is -2.51. The molecular formula is C9H18N2O4. The molecule has 0 bridgehead atoms. The SMILES string of the molecule is OC[C@]1(O)CN2CCCNC2[C@H](O)[C@H]1O. The van der Waals surface area contributed by atoms with Crippen LogP contribution in [0.25, 0.3) is 0 Å². The van der Waals surface area contributed by atoms with E-state index in [9.17, 15) is 15.3 Å². The Balaban J connectivity index is 2.17. The Morgan fingerprint density at radius 3 is 2.80 bits per heavy atom. The maximum Gasteiger partial charge on any atom is 0.129 e. The van der Waals surface area contributed by atoms with E-state index in [-0.39, 0.29) is 12.7 Å². The maximum atomic E-state index is 9.93. The van der Waals surface area contributed by atoms with Crippen LogP contribution in [0.3, 0.4) is 0 Å². The fourth-order valence-electron chi connectivity index (χ4n) is 2.39. The van der Waals surface area contributed by atoms with E-state index < -0.39 is 24.4 Å². The molecule has 2 heterocycles. The van der Waals surface area contributed by atoms with E-state index in [1.54, 1.807) is 0 Å². The number of aliphatic hydroxyl groups is 4. The Hall–Kier alpha value is -0.240. The predicted molar refractivity (Wildman–Crippen MR) is 52.0 cm³/mol. The highest BCUT2D eigenvalue weighted by atomic mass is 16.4. The number of hydrogen-bond acceptors (Lipinski definition) is 6. The zero-order valence-corrected chi connectivity index (χ0v) is 8.50. The van der Waals surface area contributed by atoms with Gasteiger partial charge in [-0.15, -0.1) is 0 Å². The molecule has 5 N–H and O–H groups in total. The number of nitrogens with zero attached hydrogens (tertiary/aromatic N) is 1. The third kappa shape index (κ3) is 1.77. The molecule has 0 spiro atoms. The van der Waals surface area contributed by atoms with Crippen LogP contribution < -0.4 is 5.32 Å². The lowest BCUT2D eigenvalue weighted by Crippen LogP contribution is -2.73. The van der Waals surface area contributed by atoms with E-state index in [1.165, 1.54) is 0 Å². The van der Waals surface area contributed by atoms with Crippen molar-refractivity contribution in [1.29, 1.82) is 0 Å². The number of piperidine rings is 1. The van der Waals surface area contributed by atoms with Gasteiger partial charge >= 0.3 is 0 Å². The first-order valence-corrected chi connectivity index (χ1v) is 5.25. The molecule has 6 nitrogen and oxygen atoms in total. The van der Waals surface area contributed by atoms with Crippen LogP contribution >= 0.6 is 0 Å². The first-order valence-electron chi connectivity index (χ1n) is 5.25. The molecule has 0 aromatic carbocycles. The fraction of sp³-hybridized carbons (Fsp3) is 1.00. The first-order chi connectivity index (χ1) is 7.08. The number of nitrogens with one attached hydrogen (secondary N) is 1. The van der Waals surface area contributed by atoms with E-state index >= 15 is 0 Å². The van der Waals surface area contributed by atoms with Crippen LogP contribution in [0.2, 0.25) is 0 Å². The number of aliphatic hydroxyl groups excluding tert-OH is 3. The van der Waals surface area contributed by atoms with E-state index in [1.807, 2.05) is 4.90 Å². The molecule has 6 heteroatoms. The molecule has 2 saturated heterocycles. The normalized spacial score (nSPS) is 47.6. The Bertz CT molecular complexity index is 236. The van der Waals surface area contributed by atoms with Crippen molar-refractivity contribution in [2.24, 2.45) is 0 Å². The first kappa shape index (κ1) is 11.3. The largest absolute Gasteiger partial charge is 0.393 e. The van der Waals surface area contributed by atoms with Crippen molar-refractivity contribution in [1.82, 2.24) is 10.2 Å². The summed E-state index contributed by atoms with van der Waals surface area (Å²) in [6.07, 6.45) is -1.77. The van der Waals surface area contributed by atoms with Crippen LogP contribution in [-0.4, -0.2) is 75.5 Å². The van der Waals surface area contributed by atoms with Crippen LogP contribution in [-0.2, 0) is 0 Å². The second-order valence-electron chi connectivity index (χ2n) is 4.42. The van der Waals surface area contributed by atoms with Gasteiger partial charge in [-0.05, 0) is 13.0 Å².